The fourth-order valence-corrected chi connectivity index (χ4v) is 3.30. The van der Waals surface area contributed by atoms with Crippen molar-refractivity contribution in [1.29, 1.82) is 0 Å². The highest BCUT2D eigenvalue weighted by atomic mass is 32.2. The Morgan fingerprint density at radius 1 is 1.04 bits per heavy atom. The van der Waals surface area contributed by atoms with Gasteiger partial charge in [0.15, 0.2) is 4.90 Å². The van der Waals surface area contributed by atoms with Gasteiger partial charge >= 0.3 is 0 Å². The summed E-state index contributed by atoms with van der Waals surface area (Å²) in [6.45, 7) is 2.34. The van der Waals surface area contributed by atoms with E-state index in [-0.39, 0.29) is 6.54 Å². The van der Waals surface area contributed by atoms with Gasteiger partial charge in [-0.05, 0) is 37.1 Å². The molecular formula is C16H17F2NO3S. The summed E-state index contributed by atoms with van der Waals surface area (Å²) in [6.07, 6.45) is 0.339. The fraction of sp³-hybridized carbons (Fsp3) is 0.250. The van der Waals surface area contributed by atoms with Crippen LogP contribution in [0.1, 0.15) is 12.5 Å². The number of hydrogen-bond acceptors (Lipinski definition) is 3. The summed E-state index contributed by atoms with van der Waals surface area (Å²) >= 11 is 0. The van der Waals surface area contributed by atoms with Crippen LogP contribution in [0.25, 0.3) is 0 Å². The smallest absolute Gasteiger partial charge is 0.246 e. The predicted octanol–water partition coefficient (Wildman–Crippen LogP) is 2.88. The molecule has 0 unspecified atom stereocenters. The zero-order valence-corrected chi connectivity index (χ0v) is 13.4. The molecule has 0 fully saturated rings. The lowest BCUT2D eigenvalue weighted by Gasteiger charge is -2.11. The Morgan fingerprint density at radius 2 is 1.70 bits per heavy atom. The van der Waals surface area contributed by atoms with Gasteiger partial charge in [0.1, 0.15) is 17.4 Å². The maximum Gasteiger partial charge on any atom is 0.246 e. The maximum atomic E-state index is 13.6. The van der Waals surface area contributed by atoms with Crippen molar-refractivity contribution in [3.8, 4) is 5.75 Å². The van der Waals surface area contributed by atoms with Crippen molar-refractivity contribution in [3.05, 3.63) is 59.7 Å². The molecule has 0 spiro atoms. The number of ether oxygens (including phenoxy) is 1. The average Bonchev–Trinajstić information content (AvgIpc) is 2.48. The molecule has 0 bridgehead atoms. The first-order valence-corrected chi connectivity index (χ1v) is 8.58. The summed E-state index contributed by atoms with van der Waals surface area (Å²) in [5, 5.41) is 0. The van der Waals surface area contributed by atoms with Gasteiger partial charge in [-0.15, -0.1) is 0 Å². The van der Waals surface area contributed by atoms with E-state index in [4.69, 9.17) is 4.74 Å². The van der Waals surface area contributed by atoms with Crippen LogP contribution in [-0.2, 0) is 16.4 Å². The molecule has 0 aliphatic rings. The minimum absolute atomic E-state index is 0.000194. The van der Waals surface area contributed by atoms with Crippen LogP contribution in [0, 0.1) is 11.6 Å². The van der Waals surface area contributed by atoms with Crippen molar-refractivity contribution in [2.75, 3.05) is 13.2 Å². The number of hydrogen-bond donors (Lipinski definition) is 1. The zero-order chi connectivity index (χ0) is 16.9. The number of rotatable bonds is 7. The summed E-state index contributed by atoms with van der Waals surface area (Å²) in [4.78, 5) is -0.960. The molecule has 0 aliphatic heterocycles. The Balaban J connectivity index is 2.09. The third kappa shape index (κ3) is 4.27. The van der Waals surface area contributed by atoms with Crippen LogP contribution in [0.15, 0.2) is 47.4 Å². The van der Waals surface area contributed by atoms with Crippen LogP contribution in [0.3, 0.4) is 0 Å². The highest BCUT2D eigenvalue weighted by Crippen LogP contribution is 2.20. The van der Waals surface area contributed by atoms with Gasteiger partial charge in [0.2, 0.25) is 10.0 Å². The number of sulfonamides is 1. The monoisotopic (exact) mass is 341 g/mol. The third-order valence-electron chi connectivity index (χ3n) is 3.15. The summed E-state index contributed by atoms with van der Waals surface area (Å²) in [5.74, 6) is -1.58. The second kappa shape index (κ2) is 7.52. The molecule has 7 heteroatoms. The van der Waals surface area contributed by atoms with E-state index in [0.717, 1.165) is 23.8 Å². The molecular weight excluding hydrogens is 324 g/mol. The molecule has 23 heavy (non-hydrogen) atoms. The topological polar surface area (TPSA) is 55.4 Å². The van der Waals surface area contributed by atoms with E-state index in [9.17, 15) is 17.2 Å². The molecule has 124 valence electrons. The van der Waals surface area contributed by atoms with Crippen LogP contribution >= 0.6 is 0 Å². The molecule has 1 N–H and O–H groups in total. The van der Waals surface area contributed by atoms with E-state index < -0.39 is 26.6 Å². The molecule has 4 nitrogen and oxygen atoms in total. The van der Waals surface area contributed by atoms with Gasteiger partial charge < -0.3 is 4.74 Å². The molecule has 0 heterocycles. The van der Waals surface area contributed by atoms with E-state index in [1.165, 1.54) is 0 Å². The summed E-state index contributed by atoms with van der Waals surface area (Å²) in [7, 11) is -4.26. The first-order valence-electron chi connectivity index (χ1n) is 7.10. The molecule has 2 aromatic carbocycles. The highest BCUT2D eigenvalue weighted by Gasteiger charge is 2.23. The number of para-hydroxylation sites is 1. The van der Waals surface area contributed by atoms with Crippen LogP contribution in [0.5, 0.6) is 5.75 Å². The standard InChI is InChI=1S/C16H17F2NO3S/c1-2-22-15-9-4-3-6-12(15)10-11-19-23(20,21)16-13(17)7-5-8-14(16)18/h3-9,19H,2,10-11H2,1H3. The van der Waals surface area contributed by atoms with Crippen molar-refractivity contribution >= 4 is 10.0 Å². The van der Waals surface area contributed by atoms with Crippen LogP contribution < -0.4 is 9.46 Å². The van der Waals surface area contributed by atoms with Gasteiger partial charge in [-0.3, -0.25) is 0 Å². The van der Waals surface area contributed by atoms with Gasteiger partial charge in [0, 0.05) is 6.54 Å². The molecule has 0 aromatic heterocycles. The lowest BCUT2D eigenvalue weighted by atomic mass is 10.1. The second-order valence-corrected chi connectivity index (χ2v) is 6.44. The van der Waals surface area contributed by atoms with Crippen molar-refractivity contribution in [2.45, 2.75) is 18.2 Å². The summed E-state index contributed by atoms with van der Waals surface area (Å²) in [6, 6.07) is 10.1. The van der Waals surface area contributed by atoms with Crippen molar-refractivity contribution in [3.63, 3.8) is 0 Å². The molecule has 0 saturated carbocycles. The fourth-order valence-electron chi connectivity index (χ4n) is 2.14. The molecule has 0 radical (unpaired) electrons. The highest BCUT2D eigenvalue weighted by molar-refractivity contribution is 7.89. The maximum absolute atomic E-state index is 13.6. The van der Waals surface area contributed by atoms with Crippen LogP contribution in [0.2, 0.25) is 0 Å². The Hall–Kier alpha value is -1.99. The molecule has 2 rings (SSSR count). The minimum Gasteiger partial charge on any atom is -0.494 e. The Morgan fingerprint density at radius 3 is 2.35 bits per heavy atom. The van der Waals surface area contributed by atoms with Crippen LogP contribution in [0.4, 0.5) is 8.78 Å². The van der Waals surface area contributed by atoms with Gasteiger partial charge in [-0.1, -0.05) is 24.3 Å². The van der Waals surface area contributed by atoms with E-state index >= 15 is 0 Å². The number of halogens is 2. The summed E-state index contributed by atoms with van der Waals surface area (Å²) < 4.78 is 58.9. The summed E-state index contributed by atoms with van der Waals surface area (Å²) in [5.41, 5.74) is 0.811. The zero-order valence-electron chi connectivity index (χ0n) is 12.6. The Bertz CT molecular complexity index is 758. The van der Waals surface area contributed by atoms with Gasteiger partial charge in [-0.25, -0.2) is 21.9 Å². The average molecular weight is 341 g/mol. The third-order valence-corrected chi connectivity index (χ3v) is 4.66. The van der Waals surface area contributed by atoms with Gasteiger partial charge in [0.05, 0.1) is 6.61 Å². The first-order chi connectivity index (χ1) is 11.0. The number of nitrogens with one attached hydrogen (secondary N) is 1. The lowest BCUT2D eigenvalue weighted by molar-refractivity contribution is 0.336. The Labute approximate surface area is 134 Å². The van der Waals surface area contributed by atoms with Crippen molar-refractivity contribution < 1.29 is 21.9 Å². The molecule has 2 aromatic rings. The van der Waals surface area contributed by atoms with Crippen molar-refractivity contribution in [1.82, 2.24) is 4.72 Å². The quantitative estimate of drug-likeness (QED) is 0.842. The van der Waals surface area contributed by atoms with Gasteiger partial charge in [0.25, 0.3) is 0 Å². The van der Waals surface area contributed by atoms with E-state index in [1.807, 2.05) is 25.1 Å². The van der Waals surface area contributed by atoms with E-state index in [2.05, 4.69) is 4.72 Å². The SMILES string of the molecule is CCOc1ccccc1CCNS(=O)(=O)c1c(F)cccc1F. The lowest BCUT2D eigenvalue weighted by Crippen LogP contribution is -2.27. The van der Waals surface area contributed by atoms with Crippen molar-refractivity contribution in [2.24, 2.45) is 0 Å². The van der Waals surface area contributed by atoms with Gasteiger partial charge in [-0.2, -0.15) is 0 Å². The van der Waals surface area contributed by atoms with Crippen LogP contribution in [-0.4, -0.2) is 21.6 Å². The molecule has 0 amide bonds. The second-order valence-electron chi connectivity index (χ2n) is 4.74. The molecule has 0 aliphatic carbocycles. The Kier molecular flexibility index (Phi) is 5.68. The normalized spacial score (nSPS) is 11.4. The minimum atomic E-state index is -4.26. The van der Waals surface area contributed by atoms with E-state index in [0.29, 0.717) is 18.8 Å². The first kappa shape index (κ1) is 17.4. The molecule has 0 saturated heterocycles. The largest absolute Gasteiger partial charge is 0.494 e. The number of benzene rings is 2. The predicted molar refractivity (Wildman–Crippen MR) is 82.9 cm³/mol. The van der Waals surface area contributed by atoms with E-state index in [1.54, 1.807) is 6.07 Å². The molecule has 0 atom stereocenters.